The first-order valence-electron chi connectivity index (χ1n) is 11.5. The lowest BCUT2D eigenvalue weighted by atomic mass is 9.75. The Labute approximate surface area is 210 Å². The number of aliphatic carboxylic acids is 1. The molecule has 2 aromatic rings. The molecule has 8 nitrogen and oxygen atoms in total. The number of aryl methyl sites for hydroxylation is 1. The molecule has 1 aromatic heterocycles. The van der Waals surface area contributed by atoms with Crippen LogP contribution in [0.1, 0.15) is 24.8 Å². The molecule has 1 atom stereocenters. The van der Waals surface area contributed by atoms with E-state index in [1.54, 1.807) is 24.4 Å². The molecule has 1 amide bonds. The highest BCUT2D eigenvalue weighted by molar-refractivity contribution is 5.76. The number of halogens is 5. The molecular weight excluding hydrogens is 503 g/mol. The van der Waals surface area contributed by atoms with Gasteiger partial charge >= 0.3 is 12.1 Å². The van der Waals surface area contributed by atoms with E-state index in [2.05, 4.69) is 9.97 Å². The number of carbonyl (C=O) groups excluding carboxylic acids is 1. The Morgan fingerprint density at radius 3 is 2.24 bits per heavy atom. The zero-order chi connectivity index (χ0) is 27.3. The van der Waals surface area contributed by atoms with E-state index in [9.17, 15) is 18.0 Å². The number of likely N-dealkylation sites (tertiary alicyclic amines) is 1. The van der Waals surface area contributed by atoms with Crippen molar-refractivity contribution in [1.82, 2.24) is 14.9 Å². The molecule has 4 rings (SSSR count). The summed E-state index contributed by atoms with van der Waals surface area (Å²) >= 11 is 0. The Morgan fingerprint density at radius 2 is 1.68 bits per heavy atom. The van der Waals surface area contributed by atoms with Gasteiger partial charge in [0.1, 0.15) is 12.1 Å². The first kappa shape index (κ1) is 28.1. The summed E-state index contributed by atoms with van der Waals surface area (Å²) in [5.41, 5.74) is 0.557. The first-order chi connectivity index (χ1) is 17.4. The smallest absolute Gasteiger partial charge is 0.490 e. The van der Waals surface area contributed by atoms with Crippen LogP contribution in [0.2, 0.25) is 0 Å². The van der Waals surface area contributed by atoms with E-state index >= 15 is 8.78 Å². The highest BCUT2D eigenvalue weighted by Crippen LogP contribution is 2.50. The number of aromatic nitrogens is 2. The maximum atomic E-state index is 15.1. The van der Waals surface area contributed by atoms with E-state index in [1.807, 2.05) is 29.2 Å². The number of ether oxygens (including phenoxy) is 1. The highest BCUT2D eigenvalue weighted by Gasteiger charge is 2.59. The third-order valence-corrected chi connectivity index (χ3v) is 6.59. The van der Waals surface area contributed by atoms with Gasteiger partial charge in [0.2, 0.25) is 5.91 Å². The SMILES string of the molecule is COc1ccc(N2CCC3(CN(C(=O)CCc4cncnc4)CCC3(F)F)C2)cc1.O=C(O)C(F)(F)F. The Morgan fingerprint density at radius 1 is 1.05 bits per heavy atom. The molecule has 1 aromatic carbocycles. The van der Waals surface area contributed by atoms with Crippen molar-refractivity contribution in [2.45, 2.75) is 37.8 Å². The van der Waals surface area contributed by atoms with Gasteiger partial charge in [-0.1, -0.05) is 0 Å². The summed E-state index contributed by atoms with van der Waals surface area (Å²) in [5.74, 6) is -4.90. The average molecular weight is 530 g/mol. The zero-order valence-electron chi connectivity index (χ0n) is 20.0. The molecule has 3 heterocycles. The minimum absolute atomic E-state index is 0.0865. The number of methoxy groups -OCH3 is 1. The first-order valence-corrected chi connectivity index (χ1v) is 11.5. The molecular formula is C24H27F5N4O4. The molecule has 37 heavy (non-hydrogen) atoms. The van der Waals surface area contributed by atoms with Crippen molar-refractivity contribution in [2.75, 3.05) is 38.2 Å². The standard InChI is InChI=1S/C22H26F2N4O2.C2HF3O2/c1-30-19-5-3-18(4-6-19)27-10-8-21(14-27)15-28(11-9-22(21,23)24)20(29)7-2-17-12-25-16-26-13-17;3-2(4,5)1(6)7/h3-6,12-13,16H,2,7-11,14-15H2,1H3;(H,6,7). The number of carboxylic acid groups (broad SMARTS) is 1. The fourth-order valence-corrected chi connectivity index (χ4v) is 4.50. The Balaban J connectivity index is 0.000000479. The fourth-order valence-electron chi connectivity index (χ4n) is 4.50. The number of piperidine rings is 1. The molecule has 0 aliphatic carbocycles. The lowest BCUT2D eigenvalue weighted by molar-refractivity contribution is -0.192. The van der Waals surface area contributed by atoms with Crippen molar-refractivity contribution in [1.29, 1.82) is 0 Å². The average Bonchev–Trinajstić information content (AvgIpc) is 3.30. The normalized spacial score (nSPS) is 20.8. The maximum Gasteiger partial charge on any atom is 0.490 e. The summed E-state index contributed by atoms with van der Waals surface area (Å²) in [4.78, 5) is 33.2. The van der Waals surface area contributed by atoms with Gasteiger partial charge in [-0.3, -0.25) is 4.79 Å². The number of carboxylic acids is 1. The summed E-state index contributed by atoms with van der Waals surface area (Å²) in [6.07, 6.45) is 0.572. The van der Waals surface area contributed by atoms with Crippen LogP contribution in [0.25, 0.3) is 0 Å². The van der Waals surface area contributed by atoms with Gasteiger partial charge in [-0.15, -0.1) is 0 Å². The second kappa shape index (κ2) is 11.3. The van der Waals surface area contributed by atoms with Crippen LogP contribution < -0.4 is 9.64 Å². The molecule has 2 fully saturated rings. The maximum absolute atomic E-state index is 15.1. The lowest BCUT2D eigenvalue weighted by Gasteiger charge is -2.46. The minimum atomic E-state index is -5.08. The van der Waals surface area contributed by atoms with E-state index in [0.29, 0.717) is 19.4 Å². The summed E-state index contributed by atoms with van der Waals surface area (Å²) < 4.78 is 67.0. The van der Waals surface area contributed by atoms with Gasteiger partial charge in [0, 0.05) is 57.1 Å². The molecule has 0 saturated carbocycles. The number of carbonyl (C=O) groups is 2. The number of hydrogen-bond acceptors (Lipinski definition) is 6. The minimum Gasteiger partial charge on any atom is -0.497 e. The monoisotopic (exact) mass is 530 g/mol. The van der Waals surface area contributed by atoms with Crippen molar-refractivity contribution in [2.24, 2.45) is 5.41 Å². The highest BCUT2D eigenvalue weighted by atomic mass is 19.4. The molecule has 1 N–H and O–H groups in total. The molecule has 0 bridgehead atoms. The summed E-state index contributed by atoms with van der Waals surface area (Å²) in [6.45, 7) is 0.978. The number of amides is 1. The van der Waals surface area contributed by atoms with Crippen LogP contribution in [0.4, 0.5) is 27.6 Å². The van der Waals surface area contributed by atoms with Crippen molar-refractivity contribution < 1.29 is 41.4 Å². The van der Waals surface area contributed by atoms with Crippen molar-refractivity contribution in [3.8, 4) is 5.75 Å². The number of anilines is 1. The second-order valence-corrected chi connectivity index (χ2v) is 8.97. The van der Waals surface area contributed by atoms with Crippen LogP contribution in [0.3, 0.4) is 0 Å². The molecule has 1 unspecified atom stereocenters. The van der Waals surface area contributed by atoms with Gasteiger partial charge in [-0.2, -0.15) is 13.2 Å². The molecule has 2 aliphatic rings. The van der Waals surface area contributed by atoms with E-state index in [0.717, 1.165) is 17.0 Å². The summed E-state index contributed by atoms with van der Waals surface area (Å²) in [5, 5.41) is 7.12. The van der Waals surface area contributed by atoms with E-state index < -0.39 is 23.5 Å². The second-order valence-electron chi connectivity index (χ2n) is 8.97. The Bertz CT molecular complexity index is 1070. The Kier molecular flexibility index (Phi) is 8.54. The Hall–Kier alpha value is -3.51. The van der Waals surface area contributed by atoms with Gasteiger partial charge in [0.25, 0.3) is 5.92 Å². The van der Waals surface area contributed by atoms with Crippen molar-refractivity contribution in [3.63, 3.8) is 0 Å². The van der Waals surface area contributed by atoms with Crippen LogP contribution in [-0.4, -0.2) is 77.2 Å². The molecule has 2 aliphatic heterocycles. The topological polar surface area (TPSA) is 95.9 Å². The predicted molar refractivity (Wildman–Crippen MR) is 122 cm³/mol. The third kappa shape index (κ3) is 6.83. The van der Waals surface area contributed by atoms with Gasteiger partial charge in [-0.25, -0.2) is 23.5 Å². The third-order valence-electron chi connectivity index (χ3n) is 6.59. The summed E-state index contributed by atoms with van der Waals surface area (Å²) in [7, 11) is 1.60. The number of hydrogen-bond donors (Lipinski definition) is 1. The van der Waals surface area contributed by atoms with Crippen molar-refractivity contribution >= 4 is 17.6 Å². The van der Waals surface area contributed by atoms with Crippen LogP contribution in [0.5, 0.6) is 5.75 Å². The molecule has 2 saturated heterocycles. The van der Waals surface area contributed by atoms with Gasteiger partial charge < -0.3 is 19.6 Å². The largest absolute Gasteiger partial charge is 0.497 e. The lowest BCUT2D eigenvalue weighted by Crippen LogP contribution is -2.58. The van der Waals surface area contributed by atoms with Gasteiger partial charge in [0.15, 0.2) is 0 Å². The van der Waals surface area contributed by atoms with Gasteiger partial charge in [-0.05, 0) is 42.7 Å². The van der Waals surface area contributed by atoms with Crippen LogP contribution in [0.15, 0.2) is 43.0 Å². The zero-order valence-corrected chi connectivity index (χ0v) is 20.0. The van der Waals surface area contributed by atoms with Crippen molar-refractivity contribution in [3.05, 3.63) is 48.5 Å². The predicted octanol–water partition coefficient (Wildman–Crippen LogP) is 3.82. The molecule has 13 heteroatoms. The van der Waals surface area contributed by atoms with Gasteiger partial charge in [0.05, 0.1) is 12.5 Å². The molecule has 1 spiro atoms. The molecule has 202 valence electrons. The van der Waals surface area contributed by atoms with E-state index in [1.165, 1.54) is 6.33 Å². The summed E-state index contributed by atoms with van der Waals surface area (Å²) in [6, 6.07) is 7.46. The quantitative estimate of drug-likeness (QED) is 0.588. The number of rotatable bonds is 5. The van der Waals surface area contributed by atoms with E-state index in [-0.39, 0.29) is 38.4 Å². The van der Waals surface area contributed by atoms with Crippen LogP contribution >= 0.6 is 0 Å². The number of alkyl halides is 5. The van der Waals surface area contributed by atoms with Crippen LogP contribution in [0, 0.1) is 5.41 Å². The molecule has 0 radical (unpaired) electrons. The number of benzene rings is 1. The van der Waals surface area contributed by atoms with E-state index in [4.69, 9.17) is 14.6 Å². The van der Waals surface area contributed by atoms with Crippen LogP contribution in [-0.2, 0) is 16.0 Å². The number of nitrogens with zero attached hydrogens (tertiary/aromatic N) is 4. The fraction of sp³-hybridized carbons (Fsp3) is 0.500.